The van der Waals surface area contributed by atoms with Gasteiger partial charge in [0.15, 0.2) is 5.65 Å². The summed E-state index contributed by atoms with van der Waals surface area (Å²) < 4.78 is 1.56. The molecule has 6 heteroatoms. The first-order valence-electron chi connectivity index (χ1n) is 6.61. The predicted octanol–water partition coefficient (Wildman–Crippen LogP) is 1.85. The molecular weight excluding hydrogens is 268 g/mol. The van der Waals surface area contributed by atoms with Crippen molar-refractivity contribution in [1.29, 1.82) is 0 Å². The second-order valence-electron chi connectivity index (χ2n) is 4.50. The van der Waals surface area contributed by atoms with Gasteiger partial charge in [0.2, 0.25) is 0 Å². The first kappa shape index (κ1) is 13.1. The highest BCUT2D eigenvalue weighted by atomic mass is 16.3. The molecule has 3 rings (SSSR count). The molecule has 0 saturated heterocycles. The Hall–Kier alpha value is -2.89. The number of fused-ring (bicyclic) bond motifs is 1. The number of amides is 1. The van der Waals surface area contributed by atoms with Gasteiger partial charge in [-0.05, 0) is 25.1 Å². The molecule has 0 radical (unpaired) electrons. The van der Waals surface area contributed by atoms with Gasteiger partial charge in [-0.1, -0.05) is 12.1 Å². The standard InChI is InChI=1S/C15H14N4O2/c1-2-16-15(21)11-9-18-19-12(7-8-17-14(11)19)10-5-3-4-6-13(10)20/h3-9,20H,2H2,1H3,(H,16,21). The zero-order valence-electron chi connectivity index (χ0n) is 11.4. The lowest BCUT2D eigenvalue weighted by Crippen LogP contribution is -2.22. The van der Waals surface area contributed by atoms with Crippen LogP contribution in [0.15, 0.2) is 42.7 Å². The summed E-state index contributed by atoms with van der Waals surface area (Å²) in [5.41, 5.74) is 2.18. The molecule has 2 heterocycles. The smallest absolute Gasteiger partial charge is 0.256 e. The lowest BCUT2D eigenvalue weighted by molar-refractivity contribution is 0.0957. The summed E-state index contributed by atoms with van der Waals surface area (Å²) in [6.07, 6.45) is 3.08. The Kier molecular flexibility index (Phi) is 3.27. The molecule has 0 spiro atoms. The molecule has 0 aliphatic rings. The highest BCUT2D eigenvalue weighted by Gasteiger charge is 2.16. The monoisotopic (exact) mass is 282 g/mol. The average Bonchev–Trinajstić information content (AvgIpc) is 2.92. The zero-order chi connectivity index (χ0) is 14.8. The number of aromatic hydroxyl groups is 1. The average molecular weight is 282 g/mol. The number of para-hydroxylation sites is 1. The summed E-state index contributed by atoms with van der Waals surface area (Å²) in [7, 11) is 0. The highest BCUT2D eigenvalue weighted by Crippen LogP contribution is 2.28. The second-order valence-corrected chi connectivity index (χ2v) is 4.50. The largest absolute Gasteiger partial charge is 0.507 e. The van der Waals surface area contributed by atoms with Gasteiger partial charge in [0.05, 0.1) is 11.9 Å². The molecule has 1 amide bonds. The molecule has 2 N–H and O–H groups in total. The molecule has 21 heavy (non-hydrogen) atoms. The van der Waals surface area contributed by atoms with E-state index in [1.807, 2.05) is 13.0 Å². The molecule has 0 unspecified atom stereocenters. The molecule has 0 aliphatic heterocycles. The van der Waals surface area contributed by atoms with Crippen LogP contribution < -0.4 is 5.32 Å². The third-order valence-corrected chi connectivity index (χ3v) is 3.16. The fourth-order valence-corrected chi connectivity index (χ4v) is 2.20. The third-order valence-electron chi connectivity index (χ3n) is 3.16. The summed E-state index contributed by atoms with van der Waals surface area (Å²) in [6, 6.07) is 8.72. The van der Waals surface area contributed by atoms with Gasteiger partial charge in [0.1, 0.15) is 11.3 Å². The minimum Gasteiger partial charge on any atom is -0.507 e. The van der Waals surface area contributed by atoms with Crippen LogP contribution in [-0.2, 0) is 0 Å². The van der Waals surface area contributed by atoms with Crippen molar-refractivity contribution in [3.8, 4) is 17.0 Å². The van der Waals surface area contributed by atoms with Crippen LogP contribution in [0.2, 0.25) is 0 Å². The number of rotatable bonds is 3. The van der Waals surface area contributed by atoms with E-state index in [9.17, 15) is 9.90 Å². The van der Waals surface area contributed by atoms with Crippen molar-refractivity contribution in [2.45, 2.75) is 6.92 Å². The number of hydrogen-bond acceptors (Lipinski definition) is 4. The van der Waals surface area contributed by atoms with E-state index in [2.05, 4.69) is 15.4 Å². The summed E-state index contributed by atoms with van der Waals surface area (Å²) in [5.74, 6) is -0.0607. The number of hydrogen-bond donors (Lipinski definition) is 2. The number of carbonyl (C=O) groups is 1. The number of nitrogens with zero attached hydrogens (tertiary/aromatic N) is 3. The topological polar surface area (TPSA) is 79.5 Å². The lowest BCUT2D eigenvalue weighted by Gasteiger charge is -2.06. The minimum absolute atomic E-state index is 0.153. The molecule has 0 fully saturated rings. The van der Waals surface area contributed by atoms with E-state index < -0.39 is 0 Å². The van der Waals surface area contributed by atoms with Crippen LogP contribution >= 0.6 is 0 Å². The minimum atomic E-state index is -0.213. The van der Waals surface area contributed by atoms with E-state index >= 15 is 0 Å². The Morgan fingerprint density at radius 2 is 2.14 bits per heavy atom. The summed E-state index contributed by atoms with van der Waals surface area (Å²) in [6.45, 7) is 2.39. The zero-order valence-corrected chi connectivity index (χ0v) is 11.4. The fourth-order valence-electron chi connectivity index (χ4n) is 2.20. The predicted molar refractivity (Wildman–Crippen MR) is 78.1 cm³/mol. The third kappa shape index (κ3) is 2.20. The Morgan fingerprint density at radius 1 is 1.33 bits per heavy atom. The molecule has 0 saturated carbocycles. The molecular formula is C15H14N4O2. The van der Waals surface area contributed by atoms with Gasteiger partial charge in [-0.3, -0.25) is 4.79 Å². The summed E-state index contributed by atoms with van der Waals surface area (Å²) in [4.78, 5) is 16.2. The Morgan fingerprint density at radius 3 is 2.90 bits per heavy atom. The van der Waals surface area contributed by atoms with Gasteiger partial charge in [-0.15, -0.1) is 0 Å². The quantitative estimate of drug-likeness (QED) is 0.768. The molecule has 0 atom stereocenters. The summed E-state index contributed by atoms with van der Waals surface area (Å²) >= 11 is 0. The Balaban J connectivity index is 2.19. The Bertz CT molecular complexity index is 810. The van der Waals surface area contributed by atoms with Crippen LogP contribution in [0, 0.1) is 0 Å². The van der Waals surface area contributed by atoms with Crippen molar-refractivity contribution in [2.24, 2.45) is 0 Å². The molecule has 3 aromatic rings. The first-order valence-corrected chi connectivity index (χ1v) is 6.61. The van der Waals surface area contributed by atoms with Crippen LogP contribution in [0.3, 0.4) is 0 Å². The molecule has 2 aromatic heterocycles. The number of nitrogens with one attached hydrogen (secondary N) is 1. The van der Waals surface area contributed by atoms with Gasteiger partial charge in [0, 0.05) is 18.3 Å². The number of aromatic nitrogens is 3. The summed E-state index contributed by atoms with van der Waals surface area (Å²) in [5, 5.41) is 16.9. The normalized spacial score (nSPS) is 10.7. The van der Waals surface area contributed by atoms with Crippen LogP contribution in [0.5, 0.6) is 5.75 Å². The lowest BCUT2D eigenvalue weighted by atomic mass is 10.1. The van der Waals surface area contributed by atoms with Gasteiger partial charge in [0.25, 0.3) is 5.91 Å². The number of phenolic OH excluding ortho intramolecular Hbond substituents is 1. The van der Waals surface area contributed by atoms with E-state index in [-0.39, 0.29) is 11.7 Å². The second kappa shape index (κ2) is 5.24. The molecule has 6 nitrogen and oxygen atoms in total. The van der Waals surface area contributed by atoms with Crippen molar-refractivity contribution in [1.82, 2.24) is 19.9 Å². The van der Waals surface area contributed by atoms with Crippen LogP contribution in [0.1, 0.15) is 17.3 Å². The van der Waals surface area contributed by atoms with Gasteiger partial charge in [-0.2, -0.15) is 5.10 Å². The van der Waals surface area contributed by atoms with E-state index in [1.54, 1.807) is 35.0 Å². The number of carbonyl (C=O) groups excluding carboxylic acids is 1. The van der Waals surface area contributed by atoms with Gasteiger partial charge >= 0.3 is 0 Å². The van der Waals surface area contributed by atoms with Crippen molar-refractivity contribution < 1.29 is 9.90 Å². The van der Waals surface area contributed by atoms with E-state index in [0.717, 1.165) is 0 Å². The fraction of sp³-hybridized carbons (Fsp3) is 0.133. The molecule has 106 valence electrons. The van der Waals surface area contributed by atoms with Crippen LogP contribution in [-0.4, -0.2) is 32.2 Å². The maximum absolute atomic E-state index is 12.0. The molecule has 0 bridgehead atoms. The van der Waals surface area contributed by atoms with Crippen LogP contribution in [0.25, 0.3) is 16.9 Å². The SMILES string of the molecule is CCNC(=O)c1cnn2c(-c3ccccc3O)ccnc12. The number of benzene rings is 1. The maximum atomic E-state index is 12.0. The van der Waals surface area contributed by atoms with Gasteiger partial charge < -0.3 is 10.4 Å². The highest BCUT2D eigenvalue weighted by molar-refractivity contribution is 5.99. The molecule has 0 aliphatic carbocycles. The molecule has 1 aromatic carbocycles. The van der Waals surface area contributed by atoms with E-state index in [4.69, 9.17) is 0 Å². The first-order chi connectivity index (χ1) is 10.2. The van der Waals surface area contributed by atoms with Crippen molar-refractivity contribution in [3.63, 3.8) is 0 Å². The van der Waals surface area contributed by atoms with Crippen LogP contribution in [0.4, 0.5) is 0 Å². The van der Waals surface area contributed by atoms with Crippen molar-refractivity contribution in [3.05, 3.63) is 48.3 Å². The van der Waals surface area contributed by atoms with E-state index in [1.165, 1.54) is 6.20 Å². The van der Waals surface area contributed by atoms with Crippen molar-refractivity contribution >= 4 is 11.6 Å². The van der Waals surface area contributed by atoms with E-state index in [0.29, 0.717) is 29.0 Å². The van der Waals surface area contributed by atoms with Gasteiger partial charge in [-0.25, -0.2) is 9.50 Å². The number of phenols is 1. The Labute approximate surface area is 121 Å². The van der Waals surface area contributed by atoms with Crippen molar-refractivity contribution in [2.75, 3.05) is 6.54 Å². The maximum Gasteiger partial charge on any atom is 0.256 e.